The Bertz CT molecular complexity index is 448. The van der Waals surface area contributed by atoms with Crippen LogP contribution in [0.1, 0.15) is 30.6 Å². The molecule has 0 atom stereocenters. The fourth-order valence-electron chi connectivity index (χ4n) is 1.32. The van der Waals surface area contributed by atoms with Gasteiger partial charge < -0.3 is 0 Å². The summed E-state index contributed by atoms with van der Waals surface area (Å²) in [6.07, 6.45) is 2.60. The molecular weight excluding hydrogens is 216 g/mol. The number of hydrogen-bond acceptors (Lipinski definition) is 4. The van der Waals surface area contributed by atoms with Gasteiger partial charge in [0.25, 0.3) is 0 Å². The second kappa shape index (κ2) is 4.57. The zero-order valence-corrected chi connectivity index (χ0v) is 9.62. The Kier molecular flexibility index (Phi) is 3.62. The zero-order chi connectivity index (χ0) is 11.5. The van der Waals surface area contributed by atoms with Gasteiger partial charge in [-0.2, -0.15) is 5.10 Å². The number of rotatable bonds is 5. The first-order valence-electron chi connectivity index (χ1n) is 4.80. The van der Waals surface area contributed by atoms with E-state index in [0.717, 1.165) is 6.42 Å². The maximum Gasteiger partial charge on any atom is 0.195 e. The van der Waals surface area contributed by atoms with Crippen molar-refractivity contribution >= 4 is 16.1 Å². The Hall–Kier alpha value is -1.17. The van der Waals surface area contributed by atoms with Crippen LogP contribution in [0.2, 0.25) is 0 Å². The number of aromatic nitrogens is 2. The topological polar surface area (TPSA) is 69.0 Å². The first kappa shape index (κ1) is 11.9. The molecule has 0 aliphatic carbocycles. The van der Waals surface area contributed by atoms with E-state index < -0.39 is 9.84 Å². The van der Waals surface area contributed by atoms with Gasteiger partial charge in [-0.15, -0.1) is 0 Å². The Morgan fingerprint density at radius 2 is 2.13 bits per heavy atom. The summed E-state index contributed by atoms with van der Waals surface area (Å²) in [7, 11) is -3.38. The van der Waals surface area contributed by atoms with E-state index in [2.05, 4.69) is 5.10 Å². The normalized spacial score (nSPS) is 11.6. The molecule has 0 aromatic carbocycles. The minimum Gasteiger partial charge on any atom is -0.298 e. The van der Waals surface area contributed by atoms with E-state index in [0.29, 0.717) is 12.8 Å². The third-order valence-corrected chi connectivity index (χ3v) is 3.85. The lowest BCUT2D eigenvalue weighted by atomic mass is 10.4. The predicted octanol–water partition coefficient (Wildman–Crippen LogP) is 0.899. The lowest BCUT2D eigenvalue weighted by Crippen LogP contribution is -2.14. The predicted molar refractivity (Wildman–Crippen MR) is 55.6 cm³/mol. The molecule has 5 nitrogen and oxygen atoms in total. The molecule has 15 heavy (non-hydrogen) atoms. The van der Waals surface area contributed by atoms with Gasteiger partial charge in [0.2, 0.25) is 0 Å². The van der Waals surface area contributed by atoms with E-state index in [1.807, 2.05) is 6.92 Å². The standard InChI is InChI=1S/C9H14N2O3S/c1-3-5-11-9(15(13,14)4-2)8(7-12)6-10-11/h6-7H,3-5H2,1-2H3. The van der Waals surface area contributed by atoms with Crippen LogP contribution in [-0.2, 0) is 16.4 Å². The fraction of sp³-hybridized carbons (Fsp3) is 0.556. The zero-order valence-electron chi connectivity index (χ0n) is 8.80. The average Bonchev–Trinajstić information content (AvgIpc) is 2.62. The summed E-state index contributed by atoms with van der Waals surface area (Å²) in [6.45, 7) is 3.97. The summed E-state index contributed by atoms with van der Waals surface area (Å²) in [5, 5.41) is 3.94. The summed E-state index contributed by atoms with van der Waals surface area (Å²) in [6, 6.07) is 0. The number of nitrogens with zero attached hydrogens (tertiary/aromatic N) is 2. The Morgan fingerprint density at radius 3 is 2.60 bits per heavy atom. The van der Waals surface area contributed by atoms with Crippen LogP contribution in [0.25, 0.3) is 0 Å². The summed E-state index contributed by atoms with van der Waals surface area (Å²) >= 11 is 0. The molecule has 0 aliphatic rings. The first-order chi connectivity index (χ1) is 7.06. The Morgan fingerprint density at radius 1 is 1.47 bits per heavy atom. The van der Waals surface area contributed by atoms with Crippen LogP contribution in [0, 0.1) is 0 Å². The summed E-state index contributed by atoms with van der Waals surface area (Å²) in [4.78, 5) is 10.7. The van der Waals surface area contributed by atoms with Gasteiger partial charge in [0, 0.05) is 6.54 Å². The number of aldehydes is 1. The molecule has 0 N–H and O–H groups in total. The SMILES string of the molecule is CCCn1ncc(C=O)c1S(=O)(=O)CC. The minimum absolute atomic E-state index is 0.0246. The van der Waals surface area contributed by atoms with Crippen molar-refractivity contribution in [2.45, 2.75) is 31.8 Å². The van der Waals surface area contributed by atoms with Crippen molar-refractivity contribution in [1.82, 2.24) is 9.78 Å². The van der Waals surface area contributed by atoms with E-state index in [9.17, 15) is 13.2 Å². The van der Waals surface area contributed by atoms with Gasteiger partial charge in [0.1, 0.15) is 0 Å². The van der Waals surface area contributed by atoms with Gasteiger partial charge in [-0.1, -0.05) is 13.8 Å². The van der Waals surface area contributed by atoms with Crippen LogP contribution < -0.4 is 0 Å². The highest BCUT2D eigenvalue weighted by molar-refractivity contribution is 7.91. The number of sulfone groups is 1. The summed E-state index contributed by atoms with van der Waals surface area (Å²) < 4.78 is 24.8. The van der Waals surface area contributed by atoms with Gasteiger partial charge in [-0.05, 0) is 6.42 Å². The van der Waals surface area contributed by atoms with Crippen molar-refractivity contribution in [2.75, 3.05) is 5.75 Å². The van der Waals surface area contributed by atoms with Crippen LogP contribution >= 0.6 is 0 Å². The van der Waals surface area contributed by atoms with Gasteiger partial charge in [-0.3, -0.25) is 9.48 Å². The van der Waals surface area contributed by atoms with E-state index in [1.54, 1.807) is 6.92 Å². The fourth-order valence-corrected chi connectivity index (χ4v) is 2.51. The van der Waals surface area contributed by atoms with Crippen LogP contribution in [0.15, 0.2) is 11.2 Å². The highest BCUT2D eigenvalue weighted by Crippen LogP contribution is 2.15. The van der Waals surface area contributed by atoms with E-state index >= 15 is 0 Å². The molecule has 1 heterocycles. The minimum atomic E-state index is -3.38. The molecule has 0 bridgehead atoms. The van der Waals surface area contributed by atoms with Crippen LogP contribution in [-0.4, -0.2) is 30.2 Å². The van der Waals surface area contributed by atoms with E-state index in [1.165, 1.54) is 10.9 Å². The van der Waals surface area contributed by atoms with Crippen molar-refractivity contribution in [3.63, 3.8) is 0 Å². The molecule has 0 saturated heterocycles. The third kappa shape index (κ3) is 2.26. The van der Waals surface area contributed by atoms with E-state index in [4.69, 9.17) is 0 Å². The third-order valence-electron chi connectivity index (χ3n) is 2.05. The summed E-state index contributed by atoms with van der Waals surface area (Å²) in [5.74, 6) is -0.0246. The second-order valence-electron chi connectivity index (χ2n) is 3.15. The lowest BCUT2D eigenvalue weighted by Gasteiger charge is -2.06. The molecule has 0 aliphatic heterocycles. The van der Waals surface area contributed by atoms with Gasteiger partial charge in [0.15, 0.2) is 21.1 Å². The number of hydrogen-bond donors (Lipinski definition) is 0. The molecular formula is C9H14N2O3S. The van der Waals surface area contributed by atoms with Gasteiger partial charge >= 0.3 is 0 Å². The first-order valence-corrected chi connectivity index (χ1v) is 6.45. The van der Waals surface area contributed by atoms with Crippen LogP contribution in [0.5, 0.6) is 0 Å². The average molecular weight is 230 g/mol. The molecule has 0 unspecified atom stereocenters. The summed E-state index contributed by atoms with van der Waals surface area (Å²) in [5.41, 5.74) is 0.144. The molecule has 1 rings (SSSR count). The molecule has 0 amide bonds. The van der Waals surface area contributed by atoms with Gasteiger partial charge in [0.05, 0.1) is 17.5 Å². The molecule has 1 aromatic rings. The molecule has 0 radical (unpaired) electrons. The van der Waals surface area contributed by atoms with Crippen molar-refractivity contribution < 1.29 is 13.2 Å². The molecule has 1 aromatic heterocycles. The lowest BCUT2D eigenvalue weighted by molar-refractivity contribution is 0.112. The molecule has 0 spiro atoms. The smallest absolute Gasteiger partial charge is 0.195 e. The van der Waals surface area contributed by atoms with Crippen LogP contribution in [0.3, 0.4) is 0 Å². The highest BCUT2D eigenvalue weighted by atomic mass is 32.2. The maximum absolute atomic E-state index is 11.7. The quantitative estimate of drug-likeness (QED) is 0.705. The number of carbonyl (C=O) groups is 1. The van der Waals surface area contributed by atoms with Crippen molar-refractivity contribution in [1.29, 1.82) is 0 Å². The Labute approximate surface area is 89.0 Å². The second-order valence-corrected chi connectivity index (χ2v) is 5.34. The molecule has 0 fully saturated rings. The van der Waals surface area contributed by atoms with Crippen molar-refractivity contribution in [2.24, 2.45) is 0 Å². The maximum atomic E-state index is 11.7. The van der Waals surface area contributed by atoms with Crippen molar-refractivity contribution in [3.05, 3.63) is 11.8 Å². The highest BCUT2D eigenvalue weighted by Gasteiger charge is 2.22. The Balaban J connectivity index is 3.34. The number of carbonyl (C=O) groups excluding carboxylic acids is 1. The number of aryl methyl sites for hydroxylation is 1. The van der Waals surface area contributed by atoms with Gasteiger partial charge in [-0.25, -0.2) is 8.42 Å². The monoisotopic (exact) mass is 230 g/mol. The van der Waals surface area contributed by atoms with Crippen molar-refractivity contribution in [3.8, 4) is 0 Å². The van der Waals surface area contributed by atoms with E-state index in [-0.39, 0.29) is 16.3 Å². The molecule has 0 saturated carbocycles. The molecule has 84 valence electrons. The largest absolute Gasteiger partial charge is 0.298 e. The van der Waals surface area contributed by atoms with Crippen LogP contribution in [0.4, 0.5) is 0 Å². The molecule has 6 heteroatoms.